The first-order valence-electron chi connectivity index (χ1n) is 5.50. The van der Waals surface area contributed by atoms with Gasteiger partial charge in [0.25, 0.3) is 0 Å². The molecule has 0 spiro atoms. The minimum Gasteiger partial charge on any atom is -0.480 e. The molecule has 0 saturated carbocycles. The Bertz CT molecular complexity index is 309. The van der Waals surface area contributed by atoms with E-state index in [1.165, 1.54) is 12.0 Å². The molecule has 98 valence electrons. The highest BCUT2D eigenvalue weighted by Gasteiger charge is 2.41. The van der Waals surface area contributed by atoms with Crippen LogP contribution in [0.3, 0.4) is 0 Å². The normalized spacial score (nSPS) is 24.8. The quantitative estimate of drug-likeness (QED) is 0.788. The van der Waals surface area contributed by atoms with E-state index in [2.05, 4.69) is 0 Å². The highest BCUT2D eigenvalue weighted by molar-refractivity contribution is 5.81. The van der Waals surface area contributed by atoms with E-state index in [4.69, 9.17) is 14.6 Å². The number of hydrogen-bond acceptors (Lipinski definition) is 4. The van der Waals surface area contributed by atoms with E-state index < -0.39 is 23.7 Å². The Morgan fingerprint density at radius 2 is 1.94 bits per heavy atom. The summed E-state index contributed by atoms with van der Waals surface area (Å²) in [6, 6.07) is -0.866. The number of nitrogens with zero attached hydrogens (tertiary/aromatic N) is 1. The van der Waals surface area contributed by atoms with Crippen molar-refractivity contribution in [2.45, 2.75) is 44.9 Å². The molecule has 1 amide bonds. The number of likely N-dealkylation sites (tertiary alicyclic amines) is 1. The second-order valence-electron chi connectivity index (χ2n) is 5.08. The van der Waals surface area contributed by atoms with Crippen molar-refractivity contribution in [1.82, 2.24) is 4.90 Å². The predicted molar refractivity (Wildman–Crippen MR) is 59.8 cm³/mol. The van der Waals surface area contributed by atoms with Gasteiger partial charge < -0.3 is 14.6 Å². The zero-order chi connectivity index (χ0) is 13.2. The number of amides is 1. The van der Waals surface area contributed by atoms with Crippen LogP contribution in [0, 0.1) is 0 Å². The third-order valence-corrected chi connectivity index (χ3v) is 2.51. The summed E-state index contributed by atoms with van der Waals surface area (Å²) in [5.41, 5.74) is -0.634. The van der Waals surface area contributed by atoms with E-state index in [9.17, 15) is 9.59 Å². The number of carboxylic acids is 1. The number of hydrogen-bond donors (Lipinski definition) is 1. The Labute approximate surface area is 100 Å². The lowest BCUT2D eigenvalue weighted by molar-refractivity contribution is -0.142. The van der Waals surface area contributed by atoms with Gasteiger partial charge in [-0.05, 0) is 20.8 Å². The number of methoxy groups -OCH3 is 1. The summed E-state index contributed by atoms with van der Waals surface area (Å²) >= 11 is 0. The van der Waals surface area contributed by atoms with Gasteiger partial charge >= 0.3 is 12.1 Å². The van der Waals surface area contributed by atoms with Crippen LogP contribution in [0.15, 0.2) is 0 Å². The van der Waals surface area contributed by atoms with E-state index in [-0.39, 0.29) is 12.6 Å². The monoisotopic (exact) mass is 245 g/mol. The fourth-order valence-electron chi connectivity index (χ4n) is 1.72. The molecule has 6 nitrogen and oxygen atoms in total. The molecule has 17 heavy (non-hydrogen) atoms. The molecular formula is C11H19NO5. The number of carbonyl (C=O) groups is 2. The molecule has 1 aliphatic heterocycles. The number of carboxylic acid groups (broad SMARTS) is 1. The molecule has 1 rings (SSSR count). The van der Waals surface area contributed by atoms with Gasteiger partial charge in [0, 0.05) is 13.5 Å². The Hall–Kier alpha value is -1.30. The summed E-state index contributed by atoms with van der Waals surface area (Å²) in [5, 5.41) is 9.04. The summed E-state index contributed by atoms with van der Waals surface area (Å²) in [6.07, 6.45) is -0.557. The molecule has 0 unspecified atom stereocenters. The van der Waals surface area contributed by atoms with Gasteiger partial charge in [-0.2, -0.15) is 0 Å². The van der Waals surface area contributed by atoms with Crippen molar-refractivity contribution in [3.8, 4) is 0 Å². The lowest BCUT2D eigenvalue weighted by Crippen LogP contribution is -2.43. The molecule has 1 N–H and O–H groups in total. The van der Waals surface area contributed by atoms with Crippen LogP contribution in [0.4, 0.5) is 4.79 Å². The van der Waals surface area contributed by atoms with Crippen LogP contribution in [0.25, 0.3) is 0 Å². The predicted octanol–water partition coefficient (Wildman–Crippen LogP) is 1.10. The lowest BCUT2D eigenvalue weighted by atomic mass is 10.2. The molecular weight excluding hydrogens is 226 g/mol. The van der Waals surface area contributed by atoms with Gasteiger partial charge in [0.1, 0.15) is 11.6 Å². The maximum atomic E-state index is 11.8. The minimum absolute atomic E-state index is 0.247. The van der Waals surface area contributed by atoms with E-state index in [0.29, 0.717) is 6.42 Å². The maximum Gasteiger partial charge on any atom is 0.411 e. The number of aliphatic carboxylic acids is 1. The lowest BCUT2D eigenvalue weighted by Gasteiger charge is -2.26. The first kappa shape index (κ1) is 13.8. The zero-order valence-electron chi connectivity index (χ0n) is 10.6. The van der Waals surface area contributed by atoms with Gasteiger partial charge in [0.15, 0.2) is 0 Å². The van der Waals surface area contributed by atoms with Crippen LogP contribution >= 0.6 is 0 Å². The fraction of sp³-hybridized carbons (Fsp3) is 0.818. The van der Waals surface area contributed by atoms with Gasteiger partial charge in [-0.1, -0.05) is 0 Å². The average Bonchev–Trinajstić information content (AvgIpc) is 2.58. The largest absolute Gasteiger partial charge is 0.480 e. The zero-order valence-corrected chi connectivity index (χ0v) is 10.6. The summed E-state index contributed by atoms with van der Waals surface area (Å²) in [7, 11) is 1.50. The van der Waals surface area contributed by atoms with Crippen LogP contribution in [0.2, 0.25) is 0 Å². The molecule has 0 radical (unpaired) electrons. The van der Waals surface area contributed by atoms with E-state index in [0.717, 1.165) is 0 Å². The van der Waals surface area contributed by atoms with E-state index in [1.54, 1.807) is 20.8 Å². The first-order valence-corrected chi connectivity index (χ1v) is 5.50. The van der Waals surface area contributed by atoms with Gasteiger partial charge in [-0.25, -0.2) is 9.59 Å². The molecule has 1 saturated heterocycles. The van der Waals surface area contributed by atoms with Gasteiger partial charge in [-0.15, -0.1) is 0 Å². The van der Waals surface area contributed by atoms with Crippen molar-refractivity contribution in [2.24, 2.45) is 0 Å². The Balaban J connectivity index is 2.73. The molecule has 0 aliphatic carbocycles. The van der Waals surface area contributed by atoms with Crippen LogP contribution < -0.4 is 0 Å². The molecule has 6 heteroatoms. The smallest absolute Gasteiger partial charge is 0.411 e. The van der Waals surface area contributed by atoms with Crippen molar-refractivity contribution in [1.29, 1.82) is 0 Å². The van der Waals surface area contributed by atoms with Crippen molar-refractivity contribution >= 4 is 12.1 Å². The van der Waals surface area contributed by atoms with Crippen LogP contribution in [0.1, 0.15) is 27.2 Å². The molecule has 0 aromatic rings. The third-order valence-electron chi connectivity index (χ3n) is 2.51. The maximum absolute atomic E-state index is 11.8. The molecule has 1 aliphatic rings. The second-order valence-corrected chi connectivity index (χ2v) is 5.08. The summed E-state index contributed by atoms with van der Waals surface area (Å²) < 4.78 is 10.3. The van der Waals surface area contributed by atoms with E-state index in [1.807, 2.05) is 0 Å². The van der Waals surface area contributed by atoms with Gasteiger partial charge in [-0.3, -0.25) is 4.90 Å². The third kappa shape index (κ3) is 3.59. The van der Waals surface area contributed by atoms with Crippen LogP contribution in [-0.2, 0) is 14.3 Å². The van der Waals surface area contributed by atoms with Gasteiger partial charge in [0.05, 0.1) is 12.6 Å². The Kier molecular flexibility index (Phi) is 3.98. The number of rotatable bonds is 2. The average molecular weight is 245 g/mol. The number of carbonyl (C=O) groups excluding carboxylic acids is 1. The summed E-state index contributed by atoms with van der Waals surface area (Å²) in [4.78, 5) is 24.1. The highest BCUT2D eigenvalue weighted by atomic mass is 16.6. The van der Waals surface area contributed by atoms with Crippen molar-refractivity contribution < 1.29 is 24.2 Å². The Morgan fingerprint density at radius 1 is 1.35 bits per heavy atom. The van der Waals surface area contributed by atoms with Crippen molar-refractivity contribution in [3.63, 3.8) is 0 Å². The molecule has 1 fully saturated rings. The fourth-order valence-corrected chi connectivity index (χ4v) is 1.72. The molecule has 0 aromatic heterocycles. The first-order chi connectivity index (χ1) is 7.74. The molecule has 1 heterocycles. The topological polar surface area (TPSA) is 76.1 Å². The highest BCUT2D eigenvalue weighted by Crippen LogP contribution is 2.22. The molecule has 2 atom stereocenters. The second kappa shape index (κ2) is 4.91. The van der Waals surface area contributed by atoms with Crippen LogP contribution in [0.5, 0.6) is 0 Å². The van der Waals surface area contributed by atoms with Crippen molar-refractivity contribution in [2.75, 3.05) is 13.7 Å². The molecule has 0 bridgehead atoms. The van der Waals surface area contributed by atoms with Gasteiger partial charge in [0.2, 0.25) is 0 Å². The van der Waals surface area contributed by atoms with Crippen molar-refractivity contribution in [3.05, 3.63) is 0 Å². The Morgan fingerprint density at radius 3 is 2.35 bits per heavy atom. The summed E-state index contributed by atoms with van der Waals surface area (Å²) in [6.45, 7) is 5.47. The molecule has 0 aromatic carbocycles. The minimum atomic E-state index is -1.03. The summed E-state index contributed by atoms with van der Waals surface area (Å²) in [5.74, 6) is -1.03. The standard InChI is InChI=1S/C11H19NO5/c1-11(2,3)17-10(15)12-6-7(16-4)5-8(12)9(13)14/h7-8H,5-6H2,1-4H3,(H,13,14)/t7-,8+/m0/s1. The SMILES string of the molecule is CO[C@H]1C[C@H](C(=O)O)N(C(=O)OC(C)(C)C)C1. The number of ether oxygens (including phenoxy) is 2. The van der Waals surface area contributed by atoms with Crippen LogP contribution in [-0.4, -0.2) is 53.5 Å². The van der Waals surface area contributed by atoms with E-state index >= 15 is 0 Å².